The monoisotopic (exact) mass is 372 g/mol. The molecular weight excluding hydrogens is 352 g/mol. The maximum atomic E-state index is 12.4. The molecule has 1 heterocycles. The molecule has 0 aliphatic carbocycles. The minimum atomic E-state index is -0.168. The zero-order valence-corrected chi connectivity index (χ0v) is 15.7. The number of aryl methyl sites for hydroxylation is 1. The minimum Gasteiger partial charge on any atom is -0.493 e. The number of methoxy groups -OCH3 is 1. The fraction of sp³-hybridized carbons (Fsp3) is 0.130. The summed E-state index contributed by atoms with van der Waals surface area (Å²) in [6.07, 6.45) is 0. The number of ether oxygens (including phenoxy) is 2. The Labute approximate surface area is 162 Å². The summed E-state index contributed by atoms with van der Waals surface area (Å²) < 4.78 is 11.5. The molecule has 4 rings (SSSR count). The molecule has 1 N–H and O–H groups in total. The van der Waals surface area contributed by atoms with Gasteiger partial charge in [0.05, 0.1) is 18.0 Å². The van der Waals surface area contributed by atoms with Crippen molar-refractivity contribution in [3.63, 3.8) is 0 Å². The van der Waals surface area contributed by atoms with Crippen LogP contribution in [-0.2, 0) is 6.61 Å². The molecule has 0 radical (unpaired) electrons. The van der Waals surface area contributed by atoms with Gasteiger partial charge in [0, 0.05) is 5.56 Å². The van der Waals surface area contributed by atoms with Crippen molar-refractivity contribution in [1.82, 2.24) is 9.97 Å². The summed E-state index contributed by atoms with van der Waals surface area (Å²) in [5.74, 6) is 1.71. The van der Waals surface area contributed by atoms with Gasteiger partial charge < -0.3 is 14.5 Å². The van der Waals surface area contributed by atoms with E-state index in [2.05, 4.69) is 23.0 Å². The molecule has 0 saturated carbocycles. The van der Waals surface area contributed by atoms with Crippen molar-refractivity contribution in [3.8, 4) is 22.9 Å². The number of benzene rings is 3. The largest absolute Gasteiger partial charge is 0.493 e. The van der Waals surface area contributed by atoms with Crippen LogP contribution < -0.4 is 15.0 Å². The smallest absolute Gasteiger partial charge is 0.259 e. The van der Waals surface area contributed by atoms with Crippen LogP contribution in [0.5, 0.6) is 11.5 Å². The second-order valence-electron chi connectivity index (χ2n) is 6.51. The topological polar surface area (TPSA) is 64.2 Å². The molecule has 0 aliphatic heterocycles. The number of aromatic amines is 1. The van der Waals surface area contributed by atoms with E-state index < -0.39 is 0 Å². The molecule has 5 nitrogen and oxygen atoms in total. The van der Waals surface area contributed by atoms with Gasteiger partial charge in [0.15, 0.2) is 11.5 Å². The van der Waals surface area contributed by atoms with Gasteiger partial charge in [-0.1, -0.05) is 36.4 Å². The Hall–Kier alpha value is -3.60. The SMILES string of the molecule is COc1ccc(-c2nc3ccccc3c(=O)[nH]2)cc1OCc1ccccc1C. The van der Waals surface area contributed by atoms with Crippen LogP contribution in [0.3, 0.4) is 0 Å². The number of nitrogens with zero attached hydrogens (tertiary/aromatic N) is 1. The normalized spacial score (nSPS) is 10.8. The zero-order valence-electron chi connectivity index (χ0n) is 15.7. The Morgan fingerprint density at radius 2 is 1.75 bits per heavy atom. The van der Waals surface area contributed by atoms with Crippen molar-refractivity contribution in [1.29, 1.82) is 0 Å². The van der Waals surface area contributed by atoms with E-state index in [1.54, 1.807) is 13.2 Å². The van der Waals surface area contributed by atoms with E-state index in [9.17, 15) is 4.79 Å². The highest BCUT2D eigenvalue weighted by atomic mass is 16.5. The predicted octanol–water partition coefficient (Wildman–Crippen LogP) is 4.49. The number of rotatable bonds is 5. The molecule has 1 aromatic heterocycles. The van der Waals surface area contributed by atoms with Crippen molar-refractivity contribution in [2.45, 2.75) is 13.5 Å². The number of nitrogens with one attached hydrogen (secondary N) is 1. The maximum Gasteiger partial charge on any atom is 0.259 e. The van der Waals surface area contributed by atoms with Crippen LogP contribution >= 0.6 is 0 Å². The maximum absolute atomic E-state index is 12.4. The average molecular weight is 372 g/mol. The predicted molar refractivity (Wildman–Crippen MR) is 110 cm³/mol. The van der Waals surface area contributed by atoms with Gasteiger partial charge in [-0.15, -0.1) is 0 Å². The fourth-order valence-corrected chi connectivity index (χ4v) is 3.09. The van der Waals surface area contributed by atoms with Gasteiger partial charge in [-0.25, -0.2) is 4.98 Å². The number of hydrogen-bond donors (Lipinski definition) is 1. The van der Waals surface area contributed by atoms with Crippen molar-refractivity contribution < 1.29 is 9.47 Å². The molecule has 3 aromatic carbocycles. The van der Waals surface area contributed by atoms with Crippen LogP contribution in [0.15, 0.2) is 71.5 Å². The number of aromatic nitrogens is 2. The van der Waals surface area contributed by atoms with Crippen molar-refractivity contribution in [2.75, 3.05) is 7.11 Å². The standard InChI is InChI=1S/C23H20N2O3/c1-15-7-3-4-8-17(15)14-28-21-13-16(11-12-20(21)27-2)22-24-19-10-6-5-9-18(19)23(26)25-22/h3-13H,14H2,1-2H3,(H,24,25,26). The molecule has 0 spiro atoms. The van der Waals surface area contributed by atoms with E-state index in [4.69, 9.17) is 9.47 Å². The third kappa shape index (κ3) is 3.47. The lowest BCUT2D eigenvalue weighted by Crippen LogP contribution is -2.09. The number of hydrogen-bond acceptors (Lipinski definition) is 4. The summed E-state index contributed by atoms with van der Waals surface area (Å²) in [7, 11) is 1.60. The molecule has 0 aliphatic rings. The van der Waals surface area contributed by atoms with Crippen LogP contribution in [0.25, 0.3) is 22.3 Å². The fourth-order valence-electron chi connectivity index (χ4n) is 3.09. The van der Waals surface area contributed by atoms with Crippen LogP contribution in [0.4, 0.5) is 0 Å². The van der Waals surface area contributed by atoms with Gasteiger partial charge in [-0.3, -0.25) is 4.79 Å². The quantitative estimate of drug-likeness (QED) is 0.561. The number of fused-ring (bicyclic) bond motifs is 1. The Bertz CT molecular complexity index is 1200. The average Bonchev–Trinajstić information content (AvgIpc) is 2.73. The highest BCUT2D eigenvalue weighted by molar-refractivity contribution is 5.79. The van der Waals surface area contributed by atoms with E-state index in [0.29, 0.717) is 34.8 Å². The lowest BCUT2D eigenvalue weighted by Gasteiger charge is -2.13. The van der Waals surface area contributed by atoms with Gasteiger partial charge in [0.2, 0.25) is 0 Å². The van der Waals surface area contributed by atoms with E-state index in [-0.39, 0.29) is 5.56 Å². The summed E-state index contributed by atoms with van der Waals surface area (Å²) >= 11 is 0. The van der Waals surface area contributed by atoms with Crippen LogP contribution in [0, 0.1) is 6.92 Å². The highest BCUT2D eigenvalue weighted by Crippen LogP contribution is 2.32. The summed E-state index contributed by atoms with van der Waals surface area (Å²) in [5.41, 5.74) is 3.51. The molecule has 0 unspecified atom stereocenters. The molecular formula is C23H20N2O3. The van der Waals surface area contributed by atoms with Gasteiger partial charge in [-0.2, -0.15) is 0 Å². The summed E-state index contributed by atoms with van der Waals surface area (Å²) in [5, 5.41) is 0.566. The molecule has 0 atom stereocenters. The van der Waals surface area contributed by atoms with Crippen molar-refractivity contribution >= 4 is 10.9 Å². The molecule has 0 amide bonds. The molecule has 140 valence electrons. The molecule has 4 aromatic rings. The summed E-state index contributed by atoms with van der Waals surface area (Å²) in [6, 6.07) is 20.9. The summed E-state index contributed by atoms with van der Waals surface area (Å²) in [4.78, 5) is 19.8. The van der Waals surface area contributed by atoms with E-state index >= 15 is 0 Å². The Morgan fingerprint density at radius 1 is 0.964 bits per heavy atom. The van der Waals surface area contributed by atoms with Gasteiger partial charge in [0.25, 0.3) is 5.56 Å². The summed E-state index contributed by atoms with van der Waals surface area (Å²) in [6.45, 7) is 2.48. The molecule has 0 fully saturated rings. The van der Waals surface area contributed by atoms with Gasteiger partial charge >= 0.3 is 0 Å². The van der Waals surface area contributed by atoms with E-state index in [1.165, 1.54) is 0 Å². The van der Waals surface area contributed by atoms with Gasteiger partial charge in [0.1, 0.15) is 12.4 Å². The Kier molecular flexibility index (Phi) is 4.81. The van der Waals surface area contributed by atoms with Crippen LogP contribution in [-0.4, -0.2) is 17.1 Å². The number of para-hydroxylation sites is 1. The first kappa shape index (κ1) is 17.8. The van der Waals surface area contributed by atoms with E-state index in [1.807, 2.05) is 54.6 Å². The third-order valence-electron chi connectivity index (χ3n) is 4.69. The lowest BCUT2D eigenvalue weighted by molar-refractivity contribution is 0.284. The second kappa shape index (κ2) is 7.56. The van der Waals surface area contributed by atoms with Crippen molar-refractivity contribution in [2.24, 2.45) is 0 Å². The van der Waals surface area contributed by atoms with Gasteiger partial charge in [-0.05, 0) is 48.4 Å². The minimum absolute atomic E-state index is 0.168. The second-order valence-corrected chi connectivity index (χ2v) is 6.51. The van der Waals surface area contributed by atoms with Crippen LogP contribution in [0.2, 0.25) is 0 Å². The lowest BCUT2D eigenvalue weighted by atomic mass is 10.1. The molecule has 28 heavy (non-hydrogen) atoms. The Balaban J connectivity index is 1.70. The highest BCUT2D eigenvalue weighted by Gasteiger charge is 2.11. The van der Waals surface area contributed by atoms with Crippen molar-refractivity contribution in [3.05, 3.63) is 88.2 Å². The zero-order chi connectivity index (χ0) is 19.5. The number of H-pyrrole nitrogens is 1. The molecule has 5 heteroatoms. The van der Waals surface area contributed by atoms with E-state index in [0.717, 1.165) is 16.7 Å². The third-order valence-corrected chi connectivity index (χ3v) is 4.69. The van der Waals surface area contributed by atoms with Crippen LogP contribution in [0.1, 0.15) is 11.1 Å². The molecule has 0 saturated heterocycles. The first-order valence-corrected chi connectivity index (χ1v) is 9.00. The Morgan fingerprint density at radius 3 is 2.57 bits per heavy atom. The first-order chi connectivity index (χ1) is 13.7. The first-order valence-electron chi connectivity index (χ1n) is 9.00. The molecule has 0 bridgehead atoms.